The highest BCUT2D eigenvalue weighted by Gasteiger charge is 2.20. The van der Waals surface area contributed by atoms with Crippen LogP contribution in [0.2, 0.25) is 0 Å². The third-order valence-electron chi connectivity index (χ3n) is 3.01. The monoisotopic (exact) mass is 230 g/mol. The number of thioether (sulfide) groups is 1. The van der Waals surface area contributed by atoms with Gasteiger partial charge in [0.2, 0.25) is 0 Å². The first-order valence-corrected chi connectivity index (χ1v) is 7.23. The molecule has 0 bridgehead atoms. The van der Waals surface area contributed by atoms with E-state index < -0.39 is 0 Å². The van der Waals surface area contributed by atoms with E-state index in [-0.39, 0.29) is 0 Å². The molecule has 2 nitrogen and oxygen atoms in total. The largest absolute Gasteiger partial charge is 0.314 e. The van der Waals surface area contributed by atoms with Crippen LogP contribution >= 0.6 is 11.8 Å². The molecule has 0 saturated carbocycles. The SMILES string of the molecule is CC(C)NCCC(C)N1CCSC(C)C1. The van der Waals surface area contributed by atoms with Crippen molar-refractivity contribution in [3.05, 3.63) is 0 Å². The minimum atomic E-state index is 0.619. The molecule has 2 unspecified atom stereocenters. The Morgan fingerprint density at radius 3 is 2.73 bits per heavy atom. The molecule has 1 aliphatic heterocycles. The molecule has 1 rings (SSSR count). The van der Waals surface area contributed by atoms with Gasteiger partial charge in [0.1, 0.15) is 0 Å². The molecule has 1 heterocycles. The third-order valence-corrected chi connectivity index (χ3v) is 4.15. The summed E-state index contributed by atoms with van der Waals surface area (Å²) in [4.78, 5) is 2.64. The zero-order chi connectivity index (χ0) is 11.3. The lowest BCUT2D eigenvalue weighted by atomic mass is 10.2. The highest BCUT2D eigenvalue weighted by molar-refractivity contribution is 7.99. The summed E-state index contributed by atoms with van der Waals surface area (Å²) >= 11 is 2.11. The van der Waals surface area contributed by atoms with Crippen LogP contribution in [0.1, 0.15) is 34.1 Å². The highest BCUT2D eigenvalue weighted by atomic mass is 32.2. The Morgan fingerprint density at radius 1 is 1.40 bits per heavy atom. The number of rotatable bonds is 5. The summed E-state index contributed by atoms with van der Waals surface area (Å²) in [5.74, 6) is 1.31. The van der Waals surface area contributed by atoms with Gasteiger partial charge >= 0.3 is 0 Å². The first kappa shape index (κ1) is 13.3. The molecular formula is C12H26N2S. The number of hydrogen-bond donors (Lipinski definition) is 1. The molecular weight excluding hydrogens is 204 g/mol. The Morgan fingerprint density at radius 2 is 2.13 bits per heavy atom. The fourth-order valence-corrected chi connectivity index (χ4v) is 3.05. The Labute approximate surface area is 99.2 Å². The van der Waals surface area contributed by atoms with Crippen LogP contribution < -0.4 is 5.32 Å². The van der Waals surface area contributed by atoms with Crippen molar-refractivity contribution in [2.45, 2.75) is 51.4 Å². The van der Waals surface area contributed by atoms with Crippen molar-refractivity contribution in [1.82, 2.24) is 10.2 Å². The molecule has 90 valence electrons. The topological polar surface area (TPSA) is 15.3 Å². The Hall–Kier alpha value is 0.270. The molecule has 0 aromatic carbocycles. The lowest BCUT2D eigenvalue weighted by Gasteiger charge is -2.35. The zero-order valence-corrected chi connectivity index (χ0v) is 11.4. The summed E-state index contributed by atoms with van der Waals surface area (Å²) in [6.45, 7) is 12.8. The van der Waals surface area contributed by atoms with Gasteiger partial charge in [-0.1, -0.05) is 20.8 Å². The van der Waals surface area contributed by atoms with Crippen molar-refractivity contribution in [2.75, 3.05) is 25.4 Å². The van der Waals surface area contributed by atoms with Gasteiger partial charge in [-0.3, -0.25) is 4.90 Å². The summed E-state index contributed by atoms with van der Waals surface area (Å²) in [6.07, 6.45) is 1.27. The van der Waals surface area contributed by atoms with Gasteiger partial charge < -0.3 is 5.32 Å². The summed E-state index contributed by atoms with van der Waals surface area (Å²) in [7, 11) is 0. The van der Waals surface area contributed by atoms with Gasteiger partial charge in [0.05, 0.1) is 0 Å². The Balaban J connectivity index is 2.17. The van der Waals surface area contributed by atoms with Gasteiger partial charge in [0.15, 0.2) is 0 Å². The second-order valence-corrected chi connectivity index (χ2v) is 6.47. The second-order valence-electron chi connectivity index (χ2n) is 4.92. The fraction of sp³-hybridized carbons (Fsp3) is 1.00. The van der Waals surface area contributed by atoms with E-state index in [0.29, 0.717) is 6.04 Å². The molecule has 2 atom stereocenters. The summed E-state index contributed by atoms with van der Waals surface area (Å²) < 4.78 is 0. The van der Waals surface area contributed by atoms with Crippen LogP contribution in [0.25, 0.3) is 0 Å². The van der Waals surface area contributed by atoms with Crippen molar-refractivity contribution < 1.29 is 0 Å². The van der Waals surface area contributed by atoms with Gasteiger partial charge in [-0.15, -0.1) is 0 Å². The molecule has 3 heteroatoms. The van der Waals surface area contributed by atoms with Crippen LogP contribution in [-0.4, -0.2) is 47.6 Å². The van der Waals surface area contributed by atoms with Crippen LogP contribution in [0, 0.1) is 0 Å². The third kappa shape index (κ3) is 5.23. The number of nitrogens with one attached hydrogen (secondary N) is 1. The van der Waals surface area contributed by atoms with Gasteiger partial charge in [-0.25, -0.2) is 0 Å². The van der Waals surface area contributed by atoms with Crippen LogP contribution in [0.5, 0.6) is 0 Å². The molecule has 0 spiro atoms. The van der Waals surface area contributed by atoms with Gasteiger partial charge in [-0.2, -0.15) is 11.8 Å². The van der Waals surface area contributed by atoms with Gasteiger partial charge in [-0.05, 0) is 19.9 Å². The standard InChI is InChI=1S/C12H26N2S/c1-10(2)13-6-5-11(3)14-7-8-15-12(4)9-14/h10-13H,5-9H2,1-4H3. The molecule has 1 aliphatic rings. The molecule has 0 aliphatic carbocycles. The van der Waals surface area contributed by atoms with Gasteiger partial charge in [0, 0.05) is 36.2 Å². The van der Waals surface area contributed by atoms with E-state index in [9.17, 15) is 0 Å². The average Bonchev–Trinajstić information content (AvgIpc) is 2.17. The summed E-state index contributed by atoms with van der Waals surface area (Å²) in [5.41, 5.74) is 0. The van der Waals surface area contributed by atoms with E-state index in [1.807, 2.05) is 0 Å². The summed E-state index contributed by atoms with van der Waals surface area (Å²) in [6, 6.07) is 1.35. The molecule has 15 heavy (non-hydrogen) atoms. The van der Waals surface area contributed by atoms with E-state index in [0.717, 1.165) is 17.8 Å². The molecule has 0 amide bonds. The second kappa shape index (κ2) is 6.77. The molecule has 0 aromatic heterocycles. The quantitative estimate of drug-likeness (QED) is 0.779. The predicted molar refractivity (Wildman–Crippen MR) is 70.7 cm³/mol. The van der Waals surface area contributed by atoms with Crippen LogP contribution in [0.15, 0.2) is 0 Å². The van der Waals surface area contributed by atoms with E-state index in [1.54, 1.807) is 0 Å². The molecule has 1 fully saturated rings. The Kier molecular flexibility index (Phi) is 6.02. The maximum atomic E-state index is 3.49. The van der Waals surface area contributed by atoms with Crippen LogP contribution in [-0.2, 0) is 0 Å². The van der Waals surface area contributed by atoms with Crippen LogP contribution in [0.3, 0.4) is 0 Å². The maximum Gasteiger partial charge on any atom is 0.0147 e. The summed E-state index contributed by atoms with van der Waals surface area (Å²) in [5, 5.41) is 4.31. The molecule has 0 aromatic rings. The Bertz CT molecular complexity index is 173. The fourth-order valence-electron chi connectivity index (χ4n) is 2.01. The van der Waals surface area contributed by atoms with Crippen molar-refractivity contribution in [3.63, 3.8) is 0 Å². The minimum Gasteiger partial charge on any atom is -0.314 e. The minimum absolute atomic E-state index is 0.619. The maximum absolute atomic E-state index is 3.49. The first-order valence-electron chi connectivity index (χ1n) is 6.18. The lowest BCUT2D eigenvalue weighted by molar-refractivity contribution is 0.207. The number of hydrogen-bond acceptors (Lipinski definition) is 3. The van der Waals surface area contributed by atoms with E-state index in [4.69, 9.17) is 0 Å². The predicted octanol–water partition coefficient (Wildman–Crippen LogP) is 2.20. The van der Waals surface area contributed by atoms with Crippen LogP contribution in [0.4, 0.5) is 0 Å². The van der Waals surface area contributed by atoms with Crippen molar-refractivity contribution in [3.8, 4) is 0 Å². The van der Waals surface area contributed by atoms with E-state index in [2.05, 4.69) is 49.7 Å². The highest BCUT2D eigenvalue weighted by Crippen LogP contribution is 2.20. The molecule has 1 saturated heterocycles. The smallest absolute Gasteiger partial charge is 0.0147 e. The number of nitrogens with zero attached hydrogens (tertiary/aromatic N) is 1. The van der Waals surface area contributed by atoms with Gasteiger partial charge in [0.25, 0.3) is 0 Å². The first-order chi connectivity index (χ1) is 7.09. The molecule has 0 radical (unpaired) electrons. The average molecular weight is 230 g/mol. The van der Waals surface area contributed by atoms with E-state index >= 15 is 0 Å². The molecule has 1 N–H and O–H groups in total. The lowest BCUT2D eigenvalue weighted by Crippen LogP contribution is -2.43. The normalized spacial score (nSPS) is 25.8. The van der Waals surface area contributed by atoms with Crippen molar-refractivity contribution in [1.29, 1.82) is 0 Å². The van der Waals surface area contributed by atoms with Crippen molar-refractivity contribution in [2.24, 2.45) is 0 Å². The van der Waals surface area contributed by atoms with Crippen molar-refractivity contribution >= 4 is 11.8 Å². The van der Waals surface area contributed by atoms with E-state index in [1.165, 1.54) is 25.3 Å². The zero-order valence-electron chi connectivity index (χ0n) is 10.6.